The van der Waals surface area contributed by atoms with Crippen molar-refractivity contribution in [1.82, 2.24) is 4.98 Å². The molecule has 14 heteroatoms. The van der Waals surface area contributed by atoms with Gasteiger partial charge in [-0.3, -0.25) is 9.59 Å². The fourth-order valence-corrected chi connectivity index (χ4v) is 5.72. The van der Waals surface area contributed by atoms with Crippen LogP contribution in [-0.2, 0) is 4.79 Å². The molecular weight excluding hydrogens is 631 g/mol. The van der Waals surface area contributed by atoms with E-state index in [1.165, 1.54) is 35.2 Å². The number of thiazole rings is 1. The summed E-state index contributed by atoms with van der Waals surface area (Å²) in [6, 6.07) is 12.4. The Balaban J connectivity index is 1.36. The number of nitrogens with one attached hydrogen (secondary N) is 2. The standard InChI is InChI=1S/C25H14Cl4FN3O4S2/c26-19-17(18(24(36)37)20(27)22(29)21(19)28)23(35)31-13-5-7-14(8-6-13)38-10-16(34)33-25-32-15(9-39-25)11-1-3-12(30)4-2-11/h1-9H,10H2,(H,31,35)(H,36,37)(H,32,33,34). The van der Waals surface area contributed by atoms with E-state index >= 15 is 0 Å². The number of aromatic carboxylic acids is 1. The average Bonchev–Trinajstić information content (AvgIpc) is 3.37. The number of hydrogen-bond acceptors (Lipinski definition) is 6. The number of thioether (sulfide) groups is 1. The van der Waals surface area contributed by atoms with Crippen LogP contribution in [0.15, 0.2) is 58.8 Å². The van der Waals surface area contributed by atoms with E-state index in [2.05, 4.69) is 15.6 Å². The number of rotatable bonds is 8. The summed E-state index contributed by atoms with van der Waals surface area (Å²) < 4.78 is 13.1. The monoisotopic (exact) mass is 643 g/mol. The van der Waals surface area contributed by atoms with Crippen molar-refractivity contribution in [3.63, 3.8) is 0 Å². The van der Waals surface area contributed by atoms with Crippen LogP contribution in [0.1, 0.15) is 20.7 Å². The van der Waals surface area contributed by atoms with Crippen LogP contribution < -0.4 is 10.6 Å². The summed E-state index contributed by atoms with van der Waals surface area (Å²) >= 11 is 26.6. The first kappa shape index (κ1) is 29.1. The van der Waals surface area contributed by atoms with E-state index < -0.39 is 28.0 Å². The molecule has 0 spiro atoms. The van der Waals surface area contributed by atoms with Gasteiger partial charge in [-0.1, -0.05) is 46.4 Å². The van der Waals surface area contributed by atoms with E-state index in [4.69, 9.17) is 46.4 Å². The number of halogens is 5. The van der Waals surface area contributed by atoms with Gasteiger partial charge in [-0.05, 0) is 48.5 Å². The largest absolute Gasteiger partial charge is 0.478 e. The minimum Gasteiger partial charge on any atom is -0.478 e. The smallest absolute Gasteiger partial charge is 0.338 e. The maximum absolute atomic E-state index is 13.1. The molecule has 4 aromatic rings. The first-order valence-corrected chi connectivity index (χ1v) is 14.1. The molecule has 200 valence electrons. The highest BCUT2D eigenvalue weighted by atomic mass is 35.5. The molecular formula is C25H14Cl4FN3O4S2. The van der Waals surface area contributed by atoms with E-state index in [-0.39, 0.29) is 32.5 Å². The van der Waals surface area contributed by atoms with Crippen LogP contribution >= 0.6 is 69.5 Å². The zero-order valence-electron chi connectivity index (χ0n) is 19.2. The number of benzene rings is 3. The van der Waals surface area contributed by atoms with Gasteiger partial charge in [0.05, 0.1) is 42.7 Å². The second-order valence-electron chi connectivity index (χ2n) is 7.67. The lowest BCUT2D eigenvalue weighted by molar-refractivity contribution is -0.113. The van der Waals surface area contributed by atoms with Gasteiger partial charge in [-0.2, -0.15) is 0 Å². The average molecular weight is 645 g/mol. The van der Waals surface area contributed by atoms with Crippen molar-refractivity contribution < 1.29 is 23.9 Å². The number of carboxylic acids is 1. The van der Waals surface area contributed by atoms with Gasteiger partial charge in [0.25, 0.3) is 5.91 Å². The lowest BCUT2D eigenvalue weighted by atomic mass is 10.1. The minimum absolute atomic E-state index is 0.0938. The third-order valence-corrected chi connectivity index (χ3v) is 8.65. The predicted octanol–water partition coefficient (Wildman–Crippen LogP) is 8.24. The van der Waals surface area contributed by atoms with Crippen LogP contribution in [0.4, 0.5) is 15.2 Å². The number of aromatic nitrogens is 1. The number of carboxylic acid groups (broad SMARTS) is 1. The summed E-state index contributed by atoms with van der Waals surface area (Å²) in [5.74, 6) is -2.87. The first-order chi connectivity index (χ1) is 18.5. The Hall–Kier alpha value is -2.86. The van der Waals surface area contributed by atoms with Gasteiger partial charge in [0, 0.05) is 21.5 Å². The van der Waals surface area contributed by atoms with E-state index in [9.17, 15) is 23.9 Å². The van der Waals surface area contributed by atoms with Crippen LogP contribution in [-0.4, -0.2) is 33.6 Å². The molecule has 4 rings (SSSR count). The van der Waals surface area contributed by atoms with Crippen molar-refractivity contribution in [2.75, 3.05) is 16.4 Å². The van der Waals surface area contributed by atoms with Crippen LogP contribution in [0.25, 0.3) is 11.3 Å². The Morgan fingerprint density at radius 1 is 0.872 bits per heavy atom. The second-order valence-corrected chi connectivity index (χ2v) is 11.1. The molecule has 0 unspecified atom stereocenters. The van der Waals surface area contributed by atoms with Crippen molar-refractivity contribution in [2.24, 2.45) is 0 Å². The third-order valence-electron chi connectivity index (χ3n) is 5.08. The van der Waals surface area contributed by atoms with Crippen LogP contribution in [0.5, 0.6) is 0 Å². The highest BCUT2D eigenvalue weighted by molar-refractivity contribution is 8.00. The van der Waals surface area contributed by atoms with Crippen LogP contribution in [0.3, 0.4) is 0 Å². The van der Waals surface area contributed by atoms with E-state index in [1.807, 2.05) is 0 Å². The SMILES string of the molecule is O=C(CSc1ccc(NC(=O)c2c(Cl)c(Cl)c(Cl)c(Cl)c2C(=O)O)cc1)Nc1nc(-c2ccc(F)cc2)cs1. The molecule has 0 radical (unpaired) electrons. The van der Waals surface area contributed by atoms with Crippen LogP contribution in [0.2, 0.25) is 20.1 Å². The molecule has 2 amide bonds. The molecule has 0 aliphatic carbocycles. The molecule has 0 aliphatic heterocycles. The van der Waals surface area contributed by atoms with Crippen molar-refractivity contribution >= 4 is 98.1 Å². The summed E-state index contributed by atoms with van der Waals surface area (Å²) in [5, 5.41) is 15.7. The van der Waals surface area contributed by atoms with E-state index in [0.29, 0.717) is 16.5 Å². The number of hydrogen-bond donors (Lipinski definition) is 3. The van der Waals surface area contributed by atoms with Gasteiger partial charge in [0.2, 0.25) is 5.91 Å². The molecule has 0 atom stereocenters. The second kappa shape index (κ2) is 12.5. The Labute approximate surface area is 249 Å². The molecule has 3 aromatic carbocycles. The van der Waals surface area contributed by atoms with Crippen molar-refractivity contribution in [2.45, 2.75) is 4.90 Å². The number of amides is 2. The summed E-state index contributed by atoms with van der Waals surface area (Å²) in [4.78, 5) is 42.0. The van der Waals surface area contributed by atoms with Gasteiger partial charge in [-0.25, -0.2) is 14.2 Å². The van der Waals surface area contributed by atoms with E-state index in [1.54, 1.807) is 41.8 Å². The number of carbonyl (C=O) groups excluding carboxylic acids is 2. The van der Waals surface area contributed by atoms with Gasteiger partial charge < -0.3 is 15.7 Å². The summed E-state index contributed by atoms with van der Waals surface area (Å²) in [5.41, 5.74) is 0.693. The maximum atomic E-state index is 13.1. The quantitative estimate of drug-likeness (QED) is 0.101. The maximum Gasteiger partial charge on any atom is 0.338 e. The van der Waals surface area contributed by atoms with Crippen molar-refractivity contribution in [1.29, 1.82) is 0 Å². The van der Waals surface area contributed by atoms with Gasteiger partial charge in [0.15, 0.2) is 5.13 Å². The van der Waals surface area contributed by atoms with Crippen molar-refractivity contribution in [3.8, 4) is 11.3 Å². The van der Waals surface area contributed by atoms with Crippen molar-refractivity contribution in [3.05, 3.63) is 90.9 Å². The third kappa shape index (κ3) is 6.84. The summed E-state index contributed by atoms with van der Waals surface area (Å²) in [7, 11) is 0. The fraction of sp³-hybridized carbons (Fsp3) is 0.0400. The number of anilines is 2. The summed E-state index contributed by atoms with van der Waals surface area (Å²) in [6.45, 7) is 0. The topological polar surface area (TPSA) is 108 Å². The predicted molar refractivity (Wildman–Crippen MR) is 155 cm³/mol. The Bertz CT molecular complexity index is 1580. The summed E-state index contributed by atoms with van der Waals surface area (Å²) in [6.07, 6.45) is 0. The Kier molecular flexibility index (Phi) is 9.37. The highest BCUT2D eigenvalue weighted by Gasteiger charge is 2.29. The normalized spacial score (nSPS) is 10.8. The minimum atomic E-state index is -1.50. The fourth-order valence-electron chi connectivity index (χ4n) is 3.26. The van der Waals surface area contributed by atoms with Crippen LogP contribution in [0, 0.1) is 5.82 Å². The molecule has 39 heavy (non-hydrogen) atoms. The lowest BCUT2D eigenvalue weighted by Gasteiger charge is -2.14. The molecule has 0 saturated heterocycles. The molecule has 1 heterocycles. The molecule has 0 aliphatic rings. The molecule has 3 N–H and O–H groups in total. The zero-order valence-corrected chi connectivity index (χ0v) is 23.9. The first-order valence-electron chi connectivity index (χ1n) is 10.7. The zero-order chi connectivity index (χ0) is 28.3. The molecule has 0 fully saturated rings. The van der Waals surface area contributed by atoms with Gasteiger partial charge >= 0.3 is 5.97 Å². The Morgan fingerprint density at radius 3 is 2.10 bits per heavy atom. The van der Waals surface area contributed by atoms with E-state index in [0.717, 1.165) is 10.5 Å². The number of carbonyl (C=O) groups is 3. The molecule has 0 saturated carbocycles. The molecule has 0 bridgehead atoms. The molecule has 7 nitrogen and oxygen atoms in total. The number of nitrogens with zero attached hydrogens (tertiary/aromatic N) is 1. The van der Waals surface area contributed by atoms with Gasteiger partial charge in [-0.15, -0.1) is 23.1 Å². The molecule has 1 aromatic heterocycles. The van der Waals surface area contributed by atoms with Gasteiger partial charge in [0.1, 0.15) is 5.82 Å². The lowest BCUT2D eigenvalue weighted by Crippen LogP contribution is -2.18. The Morgan fingerprint density at radius 2 is 1.49 bits per heavy atom. The highest BCUT2D eigenvalue weighted by Crippen LogP contribution is 2.42.